The highest BCUT2D eigenvalue weighted by Crippen LogP contribution is 2.24. The van der Waals surface area contributed by atoms with Crippen LogP contribution in [0.1, 0.15) is 24.2 Å². The van der Waals surface area contributed by atoms with Crippen LogP contribution in [0.3, 0.4) is 0 Å². The molecular formula is C12H16FNO2. The van der Waals surface area contributed by atoms with Crippen molar-refractivity contribution in [3.63, 3.8) is 0 Å². The van der Waals surface area contributed by atoms with Crippen molar-refractivity contribution in [2.75, 3.05) is 13.7 Å². The van der Waals surface area contributed by atoms with Crippen LogP contribution in [0.5, 0.6) is 5.75 Å². The molecule has 0 unspecified atom stereocenters. The van der Waals surface area contributed by atoms with Crippen molar-refractivity contribution < 1.29 is 13.9 Å². The monoisotopic (exact) mass is 225 g/mol. The second kappa shape index (κ2) is 4.61. The predicted molar refractivity (Wildman–Crippen MR) is 60.1 cm³/mol. The topological polar surface area (TPSA) is 52.3 Å². The lowest BCUT2D eigenvalue weighted by Gasteiger charge is -2.20. The summed E-state index contributed by atoms with van der Waals surface area (Å²) >= 11 is 0. The zero-order chi connectivity index (χ0) is 12.3. The van der Waals surface area contributed by atoms with Crippen LogP contribution in [0.15, 0.2) is 18.2 Å². The van der Waals surface area contributed by atoms with E-state index >= 15 is 0 Å². The van der Waals surface area contributed by atoms with Crippen molar-refractivity contribution in [2.24, 2.45) is 11.1 Å². The van der Waals surface area contributed by atoms with E-state index in [4.69, 9.17) is 10.5 Å². The van der Waals surface area contributed by atoms with Gasteiger partial charge in [-0.1, -0.05) is 13.8 Å². The Kier molecular flexibility index (Phi) is 3.65. The minimum atomic E-state index is -0.755. The zero-order valence-corrected chi connectivity index (χ0v) is 9.71. The van der Waals surface area contributed by atoms with E-state index in [1.54, 1.807) is 19.9 Å². The Morgan fingerprint density at radius 3 is 2.56 bits per heavy atom. The Morgan fingerprint density at radius 1 is 1.50 bits per heavy atom. The van der Waals surface area contributed by atoms with Crippen molar-refractivity contribution >= 4 is 5.78 Å². The number of ether oxygens (including phenoxy) is 1. The molecule has 0 aliphatic carbocycles. The molecular weight excluding hydrogens is 209 g/mol. The third kappa shape index (κ3) is 2.39. The van der Waals surface area contributed by atoms with Crippen molar-refractivity contribution in [2.45, 2.75) is 13.8 Å². The second-order valence-corrected chi connectivity index (χ2v) is 4.26. The van der Waals surface area contributed by atoms with Gasteiger partial charge in [-0.2, -0.15) is 0 Å². The molecule has 0 saturated heterocycles. The zero-order valence-electron chi connectivity index (χ0n) is 9.71. The maximum Gasteiger partial charge on any atom is 0.172 e. The minimum absolute atomic E-state index is 0.0521. The van der Waals surface area contributed by atoms with Crippen molar-refractivity contribution in [1.82, 2.24) is 0 Å². The third-order valence-electron chi connectivity index (χ3n) is 2.55. The molecule has 0 atom stereocenters. The molecule has 3 nitrogen and oxygen atoms in total. The van der Waals surface area contributed by atoms with E-state index in [0.717, 1.165) is 0 Å². The molecule has 1 aromatic rings. The minimum Gasteiger partial charge on any atom is -0.497 e. The first kappa shape index (κ1) is 12.6. The van der Waals surface area contributed by atoms with E-state index in [-0.39, 0.29) is 17.9 Å². The van der Waals surface area contributed by atoms with Crippen LogP contribution >= 0.6 is 0 Å². The molecule has 0 amide bonds. The number of Topliss-reactive ketones (excluding diaryl/α,β-unsaturated/α-hetero) is 1. The third-order valence-corrected chi connectivity index (χ3v) is 2.55. The number of hydrogen-bond acceptors (Lipinski definition) is 3. The molecule has 0 aromatic heterocycles. The molecule has 0 spiro atoms. The number of nitrogens with two attached hydrogens (primary N) is 1. The highest BCUT2D eigenvalue weighted by molar-refractivity contribution is 6.00. The van der Waals surface area contributed by atoms with Gasteiger partial charge in [0.15, 0.2) is 5.78 Å². The molecule has 16 heavy (non-hydrogen) atoms. The number of halogens is 1. The van der Waals surface area contributed by atoms with Gasteiger partial charge in [0, 0.05) is 18.0 Å². The Labute approximate surface area is 94.4 Å². The predicted octanol–water partition coefficient (Wildman–Crippen LogP) is 2.00. The standard InChI is InChI=1S/C12H16FNO2/c1-12(2,7-14)11(15)9-5-4-8(16-3)6-10(9)13/h4-6H,7,14H2,1-3H3. The Bertz CT molecular complexity index is 402. The highest BCUT2D eigenvalue weighted by Gasteiger charge is 2.29. The summed E-state index contributed by atoms with van der Waals surface area (Å²) in [4.78, 5) is 12.0. The summed E-state index contributed by atoms with van der Waals surface area (Å²) in [5.41, 5.74) is 4.78. The fraction of sp³-hybridized carbons (Fsp3) is 0.417. The molecule has 0 fully saturated rings. The lowest BCUT2D eigenvalue weighted by Crippen LogP contribution is -2.33. The number of ketones is 1. The Hall–Kier alpha value is -1.42. The van der Waals surface area contributed by atoms with Gasteiger partial charge in [0.1, 0.15) is 11.6 Å². The van der Waals surface area contributed by atoms with Crippen LogP contribution in [0.4, 0.5) is 4.39 Å². The van der Waals surface area contributed by atoms with Gasteiger partial charge in [0.25, 0.3) is 0 Å². The first-order valence-corrected chi connectivity index (χ1v) is 5.01. The average molecular weight is 225 g/mol. The van der Waals surface area contributed by atoms with Crippen molar-refractivity contribution in [1.29, 1.82) is 0 Å². The number of hydrogen-bond donors (Lipinski definition) is 1. The first-order chi connectivity index (χ1) is 7.42. The maximum atomic E-state index is 13.6. The Morgan fingerprint density at radius 2 is 2.12 bits per heavy atom. The SMILES string of the molecule is COc1ccc(C(=O)C(C)(C)CN)c(F)c1. The molecule has 0 saturated carbocycles. The van der Waals surface area contributed by atoms with E-state index in [1.165, 1.54) is 19.2 Å². The summed E-state index contributed by atoms with van der Waals surface area (Å²) < 4.78 is 18.5. The van der Waals surface area contributed by atoms with Crippen LogP contribution in [-0.2, 0) is 0 Å². The normalized spacial score (nSPS) is 11.3. The summed E-state index contributed by atoms with van der Waals surface area (Å²) in [7, 11) is 1.44. The van der Waals surface area contributed by atoms with Crippen molar-refractivity contribution in [3.05, 3.63) is 29.6 Å². The highest BCUT2D eigenvalue weighted by atomic mass is 19.1. The van der Waals surface area contributed by atoms with Gasteiger partial charge >= 0.3 is 0 Å². The van der Waals surface area contributed by atoms with Gasteiger partial charge < -0.3 is 10.5 Å². The second-order valence-electron chi connectivity index (χ2n) is 4.26. The fourth-order valence-corrected chi connectivity index (χ4v) is 1.26. The molecule has 1 rings (SSSR count). The van der Waals surface area contributed by atoms with Crippen LogP contribution in [-0.4, -0.2) is 19.4 Å². The van der Waals surface area contributed by atoms with Crippen LogP contribution < -0.4 is 10.5 Å². The lowest BCUT2D eigenvalue weighted by atomic mass is 9.84. The molecule has 2 N–H and O–H groups in total. The molecule has 4 heteroatoms. The van der Waals surface area contributed by atoms with Gasteiger partial charge in [-0.25, -0.2) is 4.39 Å². The van der Waals surface area contributed by atoms with Crippen LogP contribution in [0.2, 0.25) is 0 Å². The summed E-state index contributed by atoms with van der Waals surface area (Å²) in [6.07, 6.45) is 0. The molecule has 0 aliphatic heterocycles. The van der Waals surface area contributed by atoms with Crippen LogP contribution in [0.25, 0.3) is 0 Å². The lowest BCUT2D eigenvalue weighted by molar-refractivity contribution is 0.0843. The summed E-state index contributed by atoms with van der Waals surface area (Å²) in [6, 6.07) is 4.18. The van der Waals surface area contributed by atoms with Gasteiger partial charge in [-0.15, -0.1) is 0 Å². The summed E-state index contributed by atoms with van der Waals surface area (Å²) in [5, 5.41) is 0. The smallest absolute Gasteiger partial charge is 0.172 e. The number of carbonyl (C=O) groups is 1. The molecule has 0 bridgehead atoms. The van der Waals surface area contributed by atoms with Crippen LogP contribution in [0, 0.1) is 11.2 Å². The fourth-order valence-electron chi connectivity index (χ4n) is 1.26. The van der Waals surface area contributed by atoms with Gasteiger partial charge in [-0.3, -0.25) is 4.79 Å². The molecule has 0 heterocycles. The number of benzene rings is 1. The number of carbonyl (C=O) groups excluding carboxylic acids is 1. The van der Waals surface area contributed by atoms with Gasteiger partial charge in [0.05, 0.1) is 12.7 Å². The molecule has 0 aliphatic rings. The average Bonchev–Trinajstić information content (AvgIpc) is 2.28. The van der Waals surface area contributed by atoms with Crippen molar-refractivity contribution in [3.8, 4) is 5.75 Å². The number of methoxy groups -OCH3 is 1. The number of rotatable bonds is 4. The maximum absolute atomic E-state index is 13.6. The van der Waals surface area contributed by atoms with E-state index in [1.807, 2.05) is 0 Å². The van der Waals surface area contributed by atoms with Gasteiger partial charge in [0.2, 0.25) is 0 Å². The summed E-state index contributed by atoms with van der Waals surface area (Å²) in [5.74, 6) is -0.486. The molecule has 0 radical (unpaired) electrons. The Balaban J connectivity index is 3.10. The van der Waals surface area contributed by atoms with E-state index in [9.17, 15) is 9.18 Å². The van der Waals surface area contributed by atoms with Gasteiger partial charge in [-0.05, 0) is 12.1 Å². The van der Waals surface area contributed by atoms with E-state index in [0.29, 0.717) is 5.75 Å². The first-order valence-electron chi connectivity index (χ1n) is 5.01. The summed E-state index contributed by atoms with van der Waals surface area (Å²) in [6.45, 7) is 3.56. The molecule has 88 valence electrons. The quantitative estimate of drug-likeness (QED) is 0.797. The largest absolute Gasteiger partial charge is 0.497 e. The van der Waals surface area contributed by atoms with E-state index < -0.39 is 11.2 Å². The molecule has 1 aromatic carbocycles. The van der Waals surface area contributed by atoms with E-state index in [2.05, 4.69) is 0 Å².